The summed E-state index contributed by atoms with van der Waals surface area (Å²) in [7, 11) is 1.68. The lowest BCUT2D eigenvalue weighted by molar-refractivity contribution is 0.0622. The lowest BCUT2D eigenvalue weighted by Crippen LogP contribution is -2.46. The van der Waals surface area contributed by atoms with Crippen LogP contribution in [0.5, 0.6) is 0 Å². The zero-order valence-corrected chi connectivity index (χ0v) is 14.4. The molecule has 0 unspecified atom stereocenters. The summed E-state index contributed by atoms with van der Waals surface area (Å²) in [4.78, 5) is 12.8. The van der Waals surface area contributed by atoms with Gasteiger partial charge in [-0.25, -0.2) is 9.37 Å². The Morgan fingerprint density at radius 3 is 2.71 bits per heavy atom. The van der Waals surface area contributed by atoms with Gasteiger partial charge in [-0.05, 0) is 32.1 Å². The number of rotatable bonds is 6. The van der Waals surface area contributed by atoms with E-state index in [1.807, 2.05) is 4.90 Å². The second-order valence-corrected chi connectivity index (χ2v) is 6.96. The van der Waals surface area contributed by atoms with Crippen molar-refractivity contribution in [3.05, 3.63) is 12.0 Å². The summed E-state index contributed by atoms with van der Waals surface area (Å²) in [6.07, 6.45) is 6.16. The van der Waals surface area contributed by atoms with Gasteiger partial charge in [-0.1, -0.05) is 0 Å². The van der Waals surface area contributed by atoms with Crippen molar-refractivity contribution in [1.29, 1.82) is 0 Å². The first kappa shape index (κ1) is 17.4. The number of aromatic nitrogens is 2. The van der Waals surface area contributed by atoms with Crippen LogP contribution in [0.4, 0.5) is 16.2 Å². The van der Waals surface area contributed by atoms with Crippen LogP contribution < -0.4 is 9.80 Å². The molecule has 1 aromatic rings. The number of hydrogen-bond acceptors (Lipinski definition) is 6. The van der Waals surface area contributed by atoms with Gasteiger partial charge in [-0.2, -0.15) is 4.98 Å². The van der Waals surface area contributed by atoms with Crippen molar-refractivity contribution in [2.24, 2.45) is 5.41 Å². The second kappa shape index (κ2) is 7.61. The SMILES string of the molecule is COCC[C@]1(CO)CCCN(c2ncc(F)c(N3CCCC3)n2)C1. The van der Waals surface area contributed by atoms with Gasteiger partial charge in [-0.15, -0.1) is 0 Å². The molecule has 0 aliphatic carbocycles. The molecule has 0 amide bonds. The Bertz CT molecular complexity index is 553. The number of piperidine rings is 1. The van der Waals surface area contributed by atoms with Gasteiger partial charge in [-0.3, -0.25) is 0 Å². The molecule has 6 nitrogen and oxygen atoms in total. The number of methoxy groups -OCH3 is 1. The van der Waals surface area contributed by atoms with Crippen LogP contribution in [0.3, 0.4) is 0 Å². The topological polar surface area (TPSA) is 61.7 Å². The summed E-state index contributed by atoms with van der Waals surface area (Å²) in [6, 6.07) is 0. The molecule has 0 spiro atoms. The van der Waals surface area contributed by atoms with Crippen LogP contribution in [0, 0.1) is 11.2 Å². The fourth-order valence-corrected chi connectivity index (χ4v) is 3.76. The predicted octanol–water partition coefficient (Wildman–Crippen LogP) is 1.83. The molecule has 3 rings (SSSR count). The highest BCUT2D eigenvalue weighted by molar-refractivity contribution is 5.46. The van der Waals surface area contributed by atoms with Crippen LogP contribution in [0.15, 0.2) is 6.20 Å². The van der Waals surface area contributed by atoms with E-state index in [0.717, 1.165) is 51.7 Å². The molecule has 2 aliphatic rings. The fraction of sp³-hybridized carbons (Fsp3) is 0.765. The number of hydrogen-bond donors (Lipinski definition) is 1. The number of ether oxygens (including phenoxy) is 1. The molecule has 3 heterocycles. The Morgan fingerprint density at radius 2 is 2.00 bits per heavy atom. The minimum absolute atomic E-state index is 0.118. The summed E-state index contributed by atoms with van der Waals surface area (Å²) in [5, 5.41) is 9.91. The molecule has 0 saturated carbocycles. The van der Waals surface area contributed by atoms with E-state index in [-0.39, 0.29) is 17.8 Å². The Morgan fingerprint density at radius 1 is 1.25 bits per heavy atom. The van der Waals surface area contributed by atoms with Gasteiger partial charge in [0.05, 0.1) is 12.8 Å². The maximum Gasteiger partial charge on any atom is 0.227 e. The molecule has 134 valence electrons. The lowest BCUT2D eigenvalue weighted by Gasteiger charge is -2.42. The molecule has 7 heteroatoms. The third kappa shape index (κ3) is 3.62. The Labute approximate surface area is 142 Å². The third-order valence-corrected chi connectivity index (χ3v) is 5.23. The molecule has 24 heavy (non-hydrogen) atoms. The van der Waals surface area contributed by atoms with Crippen molar-refractivity contribution in [1.82, 2.24) is 9.97 Å². The highest BCUT2D eigenvalue weighted by Crippen LogP contribution is 2.35. The van der Waals surface area contributed by atoms with Gasteiger partial charge in [0.2, 0.25) is 5.95 Å². The summed E-state index contributed by atoms with van der Waals surface area (Å²) in [5.41, 5.74) is -0.195. The van der Waals surface area contributed by atoms with E-state index >= 15 is 0 Å². The van der Waals surface area contributed by atoms with E-state index in [1.54, 1.807) is 7.11 Å². The first-order valence-electron chi connectivity index (χ1n) is 8.80. The van der Waals surface area contributed by atoms with Gasteiger partial charge in [0.1, 0.15) is 0 Å². The van der Waals surface area contributed by atoms with E-state index in [0.29, 0.717) is 24.9 Å². The normalized spacial score (nSPS) is 24.6. The first-order valence-corrected chi connectivity index (χ1v) is 8.80. The minimum atomic E-state index is -0.356. The van der Waals surface area contributed by atoms with E-state index in [9.17, 15) is 9.50 Å². The van der Waals surface area contributed by atoms with Crippen LogP contribution in [0.2, 0.25) is 0 Å². The maximum atomic E-state index is 14.1. The highest BCUT2D eigenvalue weighted by atomic mass is 19.1. The standard InChI is InChI=1S/C17H27FN4O2/c1-24-10-6-17(13-23)5-4-9-22(12-17)16-19-11-14(18)15(20-16)21-7-2-3-8-21/h11,23H,2-10,12-13H2,1H3/t17-/m1/s1. The second-order valence-electron chi connectivity index (χ2n) is 6.96. The summed E-state index contributed by atoms with van der Waals surface area (Å²) < 4.78 is 19.3. The van der Waals surface area contributed by atoms with Crippen molar-refractivity contribution in [3.8, 4) is 0 Å². The van der Waals surface area contributed by atoms with Crippen LogP contribution in [0.25, 0.3) is 0 Å². The largest absolute Gasteiger partial charge is 0.396 e. The summed E-state index contributed by atoms with van der Waals surface area (Å²) >= 11 is 0. The maximum absolute atomic E-state index is 14.1. The van der Waals surface area contributed by atoms with E-state index in [2.05, 4.69) is 14.9 Å². The highest BCUT2D eigenvalue weighted by Gasteiger charge is 2.36. The summed E-state index contributed by atoms with van der Waals surface area (Å²) in [5.74, 6) is 0.619. The van der Waals surface area contributed by atoms with E-state index in [4.69, 9.17) is 4.74 Å². The third-order valence-electron chi connectivity index (χ3n) is 5.23. The first-order chi connectivity index (χ1) is 11.7. The van der Waals surface area contributed by atoms with Gasteiger partial charge >= 0.3 is 0 Å². The Balaban J connectivity index is 1.79. The van der Waals surface area contributed by atoms with Crippen LogP contribution in [-0.4, -0.2) is 61.6 Å². The molecule has 0 aromatic carbocycles. The van der Waals surface area contributed by atoms with Crippen molar-refractivity contribution in [2.75, 3.05) is 56.3 Å². The average Bonchev–Trinajstić information content (AvgIpc) is 3.15. The zero-order chi connectivity index (χ0) is 17.0. The van der Waals surface area contributed by atoms with Gasteiger partial charge in [0.15, 0.2) is 11.6 Å². The van der Waals surface area contributed by atoms with Crippen molar-refractivity contribution >= 4 is 11.8 Å². The van der Waals surface area contributed by atoms with Crippen LogP contribution >= 0.6 is 0 Å². The zero-order valence-electron chi connectivity index (χ0n) is 14.4. The van der Waals surface area contributed by atoms with E-state index < -0.39 is 0 Å². The fourth-order valence-electron chi connectivity index (χ4n) is 3.76. The van der Waals surface area contributed by atoms with Crippen molar-refractivity contribution in [3.63, 3.8) is 0 Å². The van der Waals surface area contributed by atoms with Gasteiger partial charge in [0, 0.05) is 45.3 Å². The van der Waals surface area contributed by atoms with Gasteiger partial charge in [0.25, 0.3) is 0 Å². The van der Waals surface area contributed by atoms with Crippen molar-refractivity contribution in [2.45, 2.75) is 32.1 Å². The molecule has 2 saturated heterocycles. The number of aliphatic hydroxyl groups excluding tert-OH is 1. The molecule has 0 radical (unpaired) electrons. The number of nitrogens with zero attached hydrogens (tertiary/aromatic N) is 4. The molecule has 1 N–H and O–H groups in total. The number of aliphatic hydroxyl groups is 1. The Hall–Kier alpha value is -1.47. The molecule has 2 fully saturated rings. The van der Waals surface area contributed by atoms with Crippen LogP contribution in [-0.2, 0) is 4.74 Å². The van der Waals surface area contributed by atoms with Crippen LogP contribution in [0.1, 0.15) is 32.1 Å². The number of anilines is 2. The Kier molecular flexibility index (Phi) is 5.50. The molecule has 2 aliphatic heterocycles. The quantitative estimate of drug-likeness (QED) is 0.854. The number of halogens is 1. The molecular weight excluding hydrogens is 311 g/mol. The van der Waals surface area contributed by atoms with E-state index in [1.165, 1.54) is 6.20 Å². The lowest BCUT2D eigenvalue weighted by atomic mass is 9.78. The monoisotopic (exact) mass is 338 g/mol. The molecule has 1 aromatic heterocycles. The minimum Gasteiger partial charge on any atom is -0.396 e. The average molecular weight is 338 g/mol. The molecule has 0 bridgehead atoms. The van der Waals surface area contributed by atoms with Crippen molar-refractivity contribution < 1.29 is 14.2 Å². The summed E-state index contributed by atoms with van der Waals surface area (Å²) in [6.45, 7) is 3.95. The van der Waals surface area contributed by atoms with Gasteiger partial charge < -0.3 is 19.6 Å². The smallest absolute Gasteiger partial charge is 0.227 e. The molecular formula is C17H27FN4O2. The predicted molar refractivity (Wildman–Crippen MR) is 90.9 cm³/mol. The molecule has 1 atom stereocenters.